The normalized spacial score (nSPS) is 14.8. The standard InChI is InChI=1S/C23H19F3N4/c24-23(25,26)18-6-4-15(5-7-18)22-28-12-16-9-11-30(14-21(16)29-22)13-17-2-1-3-20-19(17)8-10-27-20/h1-8,10,12,27H,9,11,13-14H2. The predicted molar refractivity (Wildman–Crippen MR) is 109 cm³/mol. The Bertz CT molecular complexity index is 1200. The predicted octanol–water partition coefficient (Wildman–Crippen LogP) is 5.20. The maximum absolute atomic E-state index is 12.8. The zero-order chi connectivity index (χ0) is 20.7. The molecule has 0 atom stereocenters. The highest BCUT2D eigenvalue weighted by Gasteiger charge is 2.30. The van der Waals surface area contributed by atoms with Crippen molar-refractivity contribution in [3.63, 3.8) is 0 Å². The number of H-pyrrole nitrogens is 1. The van der Waals surface area contributed by atoms with Gasteiger partial charge in [0, 0.05) is 48.5 Å². The quantitative estimate of drug-likeness (QED) is 0.507. The number of hydrogen-bond donors (Lipinski definition) is 1. The van der Waals surface area contributed by atoms with E-state index in [4.69, 9.17) is 0 Å². The topological polar surface area (TPSA) is 44.8 Å². The summed E-state index contributed by atoms with van der Waals surface area (Å²) in [5.41, 5.74) is 4.33. The van der Waals surface area contributed by atoms with Gasteiger partial charge in [0.05, 0.1) is 11.3 Å². The van der Waals surface area contributed by atoms with Crippen LogP contribution in [0.4, 0.5) is 13.2 Å². The SMILES string of the molecule is FC(F)(F)c1ccc(-c2ncc3c(n2)CN(Cc2cccc4[nH]ccc24)CC3)cc1. The number of hydrogen-bond acceptors (Lipinski definition) is 3. The van der Waals surface area contributed by atoms with E-state index in [9.17, 15) is 13.2 Å². The Morgan fingerprint density at radius 1 is 1.03 bits per heavy atom. The van der Waals surface area contributed by atoms with E-state index in [0.29, 0.717) is 17.9 Å². The molecular formula is C23H19F3N4. The van der Waals surface area contributed by atoms with Gasteiger partial charge < -0.3 is 4.98 Å². The van der Waals surface area contributed by atoms with Crippen LogP contribution in [0.15, 0.2) is 60.9 Å². The van der Waals surface area contributed by atoms with Crippen molar-refractivity contribution in [2.45, 2.75) is 25.7 Å². The summed E-state index contributed by atoms with van der Waals surface area (Å²) in [6.07, 6.45) is 0.257. The molecule has 5 rings (SSSR count). The smallest absolute Gasteiger partial charge is 0.361 e. The van der Waals surface area contributed by atoms with Gasteiger partial charge in [0.1, 0.15) is 0 Å². The molecule has 30 heavy (non-hydrogen) atoms. The summed E-state index contributed by atoms with van der Waals surface area (Å²) < 4.78 is 38.4. The summed E-state index contributed by atoms with van der Waals surface area (Å²) in [6, 6.07) is 13.3. The molecule has 7 heteroatoms. The summed E-state index contributed by atoms with van der Waals surface area (Å²) in [4.78, 5) is 14.6. The molecule has 3 heterocycles. The van der Waals surface area contributed by atoms with E-state index in [1.165, 1.54) is 23.1 Å². The van der Waals surface area contributed by atoms with Crippen LogP contribution in [-0.2, 0) is 25.7 Å². The van der Waals surface area contributed by atoms with Gasteiger partial charge in [-0.15, -0.1) is 0 Å². The van der Waals surface area contributed by atoms with Gasteiger partial charge in [-0.25, -0.2) is 9.97 Å². The van der Waals surface area contributed by atoms with E-state index < -0.39 is 11.7 Å². The first kappa shape index (κ1) is 18.8. The van der Waals surface area contributed by atoms with Crippen molar-refractivity contribution in [2.24, 2.45) is 0 Å². The molecule has 0 amide bonds. The van der Waals surface area contributed by atoms with Crippen molar-refractivity contribution in [3.05, 3.63) is 83.3 Å². The number of nitrogens with one attached hydrogen (secondary N) is 1. The summed E-state index contributed by atoms with van der Waals surface area (Å²) in [5.74, 6) is 0.456. The van der Waals surface area contributed by atoms with Crippen LogP contribution < -0.4 is 0 Å². The average molecular weight is 408 g/mol. The van der Waals surface area contributed by atoms with Crippen molar-refractivity contribution in [1.82, 2.24) is 19.9 Å². The van der Waals surface area contributed by atoms with Crippen LogP contribution in [0.2, 0.25) is 0 Å². The zero-order valence-electron chi connectivity index (χ0n) is 16.1. The van der Waals surface area contributed by atoms with Crippen molar-refractivity contribution >= 4 is 10.9 Å². The van der Waals surface area contributed by atoms with E-state index in [-0.39, 0.29) is 0 Å². The lowest BCUT2D eigenvalue weighted by Crippen LogP contribution is -2.31. The molecule has 1 N–H and O–H groups in total. The summed E-state index contributed by atoms with van der Waals surface area (Å²) in [6.45, 7) is 2.41. The molecular weight excluding hydrogens is 389 g/mol. The number of nitrogens with zero attached hydrogens (tertiary/aromatic N) is 3. The van der Waals surface area contributed by atoms with Crippen LogP contribution in [0.3, 0.4) is 0 Å². The van der Waals surface area contributed by atoms with Gasteiger partial charge in [-0.2, -0.15) is 13.2 Å². The van der Waals surface area contributed by atoms with E-state index in [0.717, 1.165) is 48.4 Å². The number of benzene rings is 2. The van der Waals surface area contributed by atoms with Crippen LogP contribution in [0.5, 0.6) is 0 Å². The van der Waals surface area contributed by atoms with Gasteiger partial charge in [-0.3, -0.25) is 4.90 Å². The zero-order valence-corrected chi connectivity index (χ0v) is 16.1. The first-order valence-electron chi connectivity index (χ1n) is 9.77. The first-order valence-corrected chi connectivity index (χ1v) is 9.77. The van der Waals surface area contributed by atoms with Gasteiger partial charge in [0.2, 0.25) is 0 Å². The highest BCUT2D eigenvalue weighted by Crippen LogP contribution is 2.31. The Labute approximate surface area is 171 Å². The number of halogens is 3. The second kappa shape index (κ2) is 7.25. The molecule has 4 nitrogen and oxygen atoms in total. The van der Waals surface area contributed by atoms with Gasteiger partial charge in [0.15, 0.2) is 5.82 Å². The highest BCUT2D eigenvalue weighted by atomic mass is 19.4. The molecule has 4 aromatic rings. The van der Waals surface area contributed by atoms with Gasteiger partial charge in [0.25, 0.3) is 0 Å². The number of aromatic amines is 1. The molecule has 0 radical (unpaired) electrons. The Kier molecular flexibility index (Phi) is 4.55. The minimum atomic E-state index is -4.35. The minimum Gasteiger partial charge on any atom is -0.361 e. The Balaban J connectivity index is 1.38. The second-order valence-electron chi connectivity index (χ2n) is 7.56. The Hall–Kier alpha value is -3.19. The Morgan fingerprint density at radius 3 is 2.67 bits per heavy atom. The van der Waals surface area contributed by atoms with Gasteiger partial charge >= 0.3 is 6.18 Å². The highest BCUT2D eigenvalue weighted by molar-refractivity contribution is 5.82. The largest absolute Gasteiger partial charge is 0.416 e. The first-order chi connectivity index (χ1) is 14.5. The lowest BCUT2D eigenvalue weighted by atomic mass is 10.0. The van der Waals surface area contributed by atoms with E-state index in [2.05, 4.69) is 44.1 Å². The van der Waals surface area contributed by atoms with Crippen LogP contribution in [-0.4, -0.2) is 26.4 Å². The number of rotatable bonds is 3. The molecule has 0 spiro atoms. The molecule has 1 aliphatic heterocycles. The summed E-state index contributed by atoms with van der Waals surface area (Å²) >= 11 is 0. The molecule has 0 saturated heterocycles. The molecule has 0 fully saturated rings. The van der Waals surface area contributed by atoms with Crippen LogP contribution in [0.25, 0.3) is 22.3 Å². The van der Waals surface area contributed by atoms with Crippen LogP contribution >= 0.6 is 0 Å². The molecule has 2 aromatic carbocycles. The summed E-state index contributed by atoms with van der Waals surface area (Å²) in [5, 5.41) is 1.22. The van der Waals surface area contributed by atoms with Crippen molar-refractivity contribution in [3.8, 4) is 11.4 Å². The fourth-order valence-electron chi connectivity index (χ4n) is 3.97. The lowest BCUT2D eigenvalue weighted by Gasteiger charge is -2.28. The molecule has 0 aliphatic carbocycles. The fourth-order valence-corrected chi connectivity index (χ4v) is 3.97. The lowest BCUT2D eigenvalue weighted by molar-refractivity contribution is -0.137. The Morgan fingerprint density at radius 2 is 1.87 bits per heavy atom. The van der Waals surface area contributed by atoms with Gasteiger partial charge in [-0.1, -0.05) is 24.3 Å². The third-order valence-corrected chi connectivity index (χ3v) is 5.57. The van der Waals surface area contributed by atoms with E-state index in [1.807, 2.05) is 6.20 Å². The van der Waals surface area contributed by atoms with Crippen molar-refractivity contribution in [2.75, 3.05) is 6.54 Å². The summed E-state index contributed by atoms with van der Waals surface area (Å²) in [7, 11) is 0. The molecule has 1 aliphatic rings. The third-order valence-electron chi connectivity index (χ3n) is 5.57. The maximum Gasteiger partial charge on any atom is 0.416 e. The van der Waals surface area contributed by atoms with E-state index in [1.54, 1.807) is 6.20 Å². The maximum atomic E-state index is 12.8. The van der Waals surface area contributed by atoms with Crippen LogP contribution in [0, 0.1) is 0 Å². The van der Waals surface area contributed by atoms with Crippen molar-refractivity contribution < 1.29 is 13.2 Å². The van der Waals surface area contributed by atoms with Crippen molar-refractivity contribution in [1.29, 1.82) is 0 Å². The monoisotopic (exact) mass is 408 g/mol. The molecule has 0 bridgehead atoms. The molecule has 0 unspecified atom stereocenters. The third kappa shape index (κ3) is 3.57. The fraction of sp³-hybridized carbons (Fsp3) is 0.217. The van der Waals surface area contributed by atoms with Gasteiger partial charge in [-0.05, 0) is 41.8 Å². The number of aromatic nitrogens is 3. The molecule has 0 saturated carbocycles. The van der Waals surface area contributed by atoms with E-state index >= 15 is 0 Å². The second-order valence-corrected chi connectivity index (χ2v) is 7.56. The minimum absolute atomic E-state index is 0.456. The number of fused-ring (bicyclic) bond motifs is 2. The van der Waals surface area contributed by atoms with Crippen LogP contribution in [0.1, 0.15) is 22.4 Å². The average Bonchev–Trinajstić information content (AvgIpc) is 3.23. The molecule has 152 valence electrons. The number of alkyl halides is 3. The molecule has 2 aromatic heterocycles.